The van der Waals surface area contributed by atoms with E-state index in [-0.39, 0.29) is 18.2 Å². The Bertz CT molecular complexity index is 363. The lowest BCUT2D eigenvalue weighted by Crippen LogP contribution is -2.28. The molecule has 0 radical (unpaired) electrons. The summed E-state index contributed by atoms with van der Waals surface area (Å²) >= 11 is 5.70. The fourth-order valence-electron chi connectivity index (χ4n) is 0.937. The lowest BCUT2D eigenvalue weighted by atomic mass is 10.2. The molecule has 0 heterocycles. The first-order chi connectivity index (χ1) is 6.59. The van der Waals surface area contributed by atoms with Crippen molar-refractivity contribution < 1.29 is 9.59 Å². The van der Waals surface area contributed by atoms with E-state index < -0.39 is 0 Å². The maximum absolute atomic E-state index is 11.4. The smallest absolute Gasteiger partial charge is 0.251 e. The van der Waals surface area contributed by atoms with Crippen molar-refractivity contribution in [2.45, 2.75) is 6.92 Å². The highest BCUT2D eigenvalue weighted by Crippen LogP contribution is 2.10. The van der Waals surface area contributed by atoms with Gasteiger partial charge in [-0.2, -0.15) is 0 Å². The molecule has 0 atom stereocenters. The van der Waals surface area contributed by atoms with Gasteiger partial charge in [0.25, 0.3) is 5.91 Å². The van der Waals surface area contributed by atoms with E-state index in [9.17, 15) is 9.59 Å². The highest BCUT2D eigenvalue weighted by atomic mass is 35.5. The summed E-state index contributed by atoms with van der Waals surface area (Å²) in [5.41, 5.74) is 0.457. The van der Waals surface area contributed by atoms with Gasteiger partial charge in [0, 0.05) is 10.6 Å². The first kappa shape index (κ1) is 10.7. The van der Waals surface area contributed by atoms with Gasteiger partial charge in [0.05, 0.1) is 6.54 Å². The number of nitrogens with one attached hydrogen (secondary N) is 1. The molecule has 0 aliphatic rings. The average Bonchev–Trinajstić information content (AvgIpc) is 2.14. The number of Topliss-reactive ketones (excluding diaryl/α,β-unsaturated/α-hetero) is 1. The van der Waals surface area contributed by atoms with Crippen molar-refractivity contribution >= 4 is 23.3 Å². The Morgan fingerprint density at radius 1 is 1.43 bits per heavy atom. The number of ketones is 1. The molecule has 74 valence electrons. The van der Waals surface area contributed by atoms with Gasteiger partial charge < -0.3 is 5.32 Å². The van der Waals surface area contributed by atoms with Crippen molar-refractivity contribution in [3.63, 3.8) is 0 Å². The molecule has 0 fully saturated rings. The summed E-state index contributed by atoms with van der Waals surface area (Å²) in [7, 11) is 0. The summed E-state index contributed by atoms with van der Waals surface area (Å²) in [5.74, 6) is -0.372. The SMILES string of the molecule is CC(=O)CNC(=O)c1cccc(Cl)c1. The molecule has 0 bridgehead atoms. The van der Waals surface area contributed by atoms with Gasteiger partial charge in [0.1, 0.15) is 5.78 Å². The number of rotatable bonds is 3. The molecule has 0 saturated heterocycles. The van der Waals surface area contributed by atoms with Crippen molar-refractivity contribution in [2.24, 2.45) is 0 Å². The van der Waals surface area contributed by atoms with Crippen LogP contribution in [0.2, 0.25) is 5.02 Å². The van der Waals surface area contributed by atoms with E-state index in [4.69, 9.17) is 11.6 Å². The van der Waals surface area contributed by atoms with Gasteiger partial charge in [-0.15, -0.1) is 0 Å². The second-order valence-electron chi connectivity index (χ2n) is 2.90. The minimum Gasteiger partial charge on any atom is -0.345 e. The van der Waals surface area contributed by atoms with Crippen LogP contribution in [0.1, 0.15) is 17.3 Å². The van der Waals surface area contributed by atoms with Crippen LogP contribution in [0.15, 0.2) is 24.3 Å². The highest BCUT2D eigenvalue weighted by molar-refractivity contribution is 6.30. The Hall–Kier alpha value is -1.35. The predicted molar refractivity (Wildman–Crippen MR) is 54.5 cm³/mol. The number of amides is 1. The summed E-state index contributed by atoms with van der Waals surface area (Å²) in [6.45, 7) is 1.46. The van der Waals surface area contributed by atoms with Crippen LogP contribution in [0, 0.1) is 0 Å². The average molecular weight is 212 g/mol. The second kappa shape index (κ2) is 4.77. The van der Waals surface area contributed by atoms with Crippen molar-refractivity contribution in [1.29, 1.82) is 0 Å². The quantitative estimate of drug-likeness (QED) is 0.827. The van der Waals surface area contributed by atoms with Crippen molar-refractivity contribution in [3.05, 3.63) is 34.9 Å². The molecule has 0 aliphatic heterocycles. The minimum absolute atomic E-state index is 0.0470. The molecule has 0 unspecified atom stereocenters. The highest BCUT2D eigenvalue weighted by Gasteiger charge is 2.05. The van der Waals surface area contributed by atoms with Crippen LogP contribution in [0.5, 0.6) is 0 Å². The third kappa shape index (κ3) is 3.18. The Morgan fingerprint density at radius 3 is 2.71 bits per heavy atom. The molecule has 1 N–H and O–H groups in total. The molecular weight excluding hydrogens is 202 g/mol. The lowest BCUT2D eigenvalue weighted by Gasteiger charge is -2.02. The number of hydrogen-bond donors (Lipinski definition) is 1. The standard InChI is InChI=1S/C10H10ClNO2/c1-7(13)6-12-10(14)8-3-2-4-9(11)5-8/h2-5H,6H2,1H3,(H,12,14). The molecule has 1 aromatic rings. The van der Waals surface area contributed by atoms with Crippen LogP contribution in [0.25, 0.3) is 0 Å². The third-order valence-electron chi connectivity index (χ3n) is 1.58. The first-order valence-electron chi connectivity index (χ1n) is 4.13. The van der Waals surface area contributed by atoms with E-state index in [1.165, 1.54) is 6.92 Å². The van der Waals surface area contributed by atoms with E-state index in [2.05, 4.69) is 5.32 Å². The fraction of sp³-hybridized carbons (Fsp3) is 0.200. The fourth-order valence-corrected chi connectivity index (χ4v) is 1.13. The summed E-state index contributed by atoms with van der Waals surface area (Å²) in [6.07, 6.45) is 0. The summed E-state index contributed by atoms with van der Waals surface area (Å²) in [6, 6.07) is 6.56. The summed E-state index contributed by atoms with van der Waals surface area (Å²) in [4.78, 5) is 22.0. The topological polar surface area (TPSA) is 46.2 Å². The Kier molecular flexibility index (Phi) is 3.65. The maximum Gasteiger partial charge on any atom is 0.251 e. The zero-order chi connectivity index (χ0) is 10.6. The second-order valence-corrected chi connectivity index (χ2v) is 3.33. The van der Waals surface area contributed by atoms with E-state index in [1.54, 1.807) is 24.3 Å². The Balaban J connectivity index is 2.65. The Labute approximate surface area is 87.1 Å². The van der Waals surface area contributed by atoms with Gasteiger partial charge in [-0.05, 0) is 25.1 Å². The van der Waals surface area contributed by atoms with Crippen LogP contribution in [-0.2, 0) is 4.79 Å². The lowest BCUT2D eigenvalue weighted by molar-refractivity contribution is -0.116. The summed E-state index contributed by atoms with van der Waals surface area (Å²) < 4.78 is 0. The van der Waals surface area contributed by atoms with Crippen LogP contribution >= 0.6 is 11.6 Å². The van der Waals surface area contributed by atoms with Crippen molar-refractivity contribution in [1.82, 2.24) is 5.32 Å². The molecule has 4 heteroatoms. The largest absolute Gasteiger partial charge is 0.345 e. The van der Waals surface area contributed by atoms with Gasteiger partial charge in [-0.1, -0.05) is 17.7 Å². The van der Waals surface area contributed by atoms with Crippen molar-refractivity contribution in [3.8, 4) is 0 Å². The zero-order valence-corrected chi connectivity index (χ0v) is 8.47. The van der Waals surface area contributed by atoms with Gasteiger partial charge in [-0.3, -0.25) is 9.59 Å². The first-order valence-corrected chi connectivity index (χ1v) is 4.50. The van der Waals surface area contributed by atoms with Crippen LogP contribution in [0.3, 0.4) is 0 Å². The Morgan fingerprint density at radius 2 is 2.14 bits per heavy atom. The van der Waals surface area contributed by atoms with Gasteiger partial charge in [-0.25, -0.2) is 0 Å². The molecule has 1 amide bonds. The number of benzene rings is 1. The monoisotopic (exact) mass is 211 g/mol. The predicted octanol–water partition coefficient (Wildman–Crippen LogP) is 1.66. The molecule has 1 aromatic carbocycles. The molecule has 0 aliphatic carbocycles. The van der Waals surface area contributed by atoms with Crippen LogP contribution in [0.4, 0.5) is 0 Å². The van der Waals surface area contributed by atoms with Gasteiger partial charge >= 0.3 is 0 Å². The van der Waals surface area contributed by atoms with Crippen LogP contribution < -0.4 is 5.32 Å². The molecule has 0 spiro atoms. The normalized spacial score (nSPS) is 9.57. The van der Waals surface area contributed by atoms with E-state index in [1.807, 2.05) is 0 Å². The van der Waals surface area contributed by atoms with Gasteiger partial charge in [0.2, 0.25) is 0 Å². The molecule has 0 aromatic heterocycles. The van der Waals surface area contributed by atoms with Gasteiger partial charge in [0.15, 0.2) is 0 Å². The maximum atomic E-state index is 11.4. The number of hydrogen-bond acceptors (Lipinski definition) is 2. The molecular formula is C10H10ClNO2. The molecule has 0 saturated carbocycles. The van der Waals surface area contributed by atoms with E-state index in [0.29, 0.717) is 10.6 Å². The number of halogens is 1. The zero-order valence-electron chi connectivity index (χ0n) is 7.71. The number of carbonyl (C=O) groups is 2. The van der Waals surface area contributed by atoms with Crippen LogP contribution in [-0.4, -0.2) is 18.2 Å². The number of carbonyl (C=O) groups excluding carboxylic acids is 2. The van der Waals surface area contributed by atoms with E-state index >= 15 is 0 Å². The molecule has 3 nitrogen and oxygen atoms in total. The van der Waals surface area contributed by atoms with E-state index in [0.717, 1.165) is 0 Å². The van der Waals surface area contributed by atoms with Crippen molar-refractivity contribution in [2.75, 3.05) is 6.54 Å². The minimum atomic E-state index is -0.289. The summed E-state index contributed by atoms with van der Waals surface area (Å²) in [5, 5.41) is 2.98. The third-order valence-corrected chi connectivity index (χ3v) is 1.82. The molecule has 1 rings (SSSR count). The molecule has 14 heavy (non-hydrogen) atoms.